The van der Waals surface area contributed by atoms with Crippen molar-refractivity contribution < 1.29 is 15.0 Å². The fourth-order valence-corrected chi connectivity index (χ4v) is 3.33. The molecule has 1 aromatic carbocycles. The Labute approximate surface area is 145 Å². The van der Waals surface area contributed by atoms with Gasteiger partial charge in [-0.25, -0.2) is 0 Å². The molecule has 0 spiro atoms. The molecule has 0 amide bonds. The molecule has 1 unspecified atom stereocenters. The second kappa shape index (κ2) is 9.80. The smallest absolute Gasteiger partial charge is 0.307 e. The molecule has 4 nitrogen and oxygen atoms in total. The van der Waals surface area contributed by atoms with Crippen LogP contribution in [0.2, 0.25) is 0 Å². The van der Waals surface area contributed by atoms with Gasteiger partial charge in [-0.05, 0) is 36.8 Å². The highest BCUT2D eigenvalue weighted by molar-refractivity contribution is 5.70. The standard InChI is InChI=1S/C20H30NO3/c1-15(18-10-7-17(8-11-18)13-20(23)24)21-14-19(22)12-9-16-5-3-2-4-6-16/h7-11,15-16,19,21-22H,2-6,12-14H2,1H3,(H,23,24)/t15?,19-/m0/s1. The summed E-state index contributed by atoms with van der Waals surface area (Å²) in [6.07, 6.45) is 9.32. The molecule has 0 saturated heterocycles. The summed E-state index contributed by atoms with van der Waals surface area (Å²) in [5.41, 5.74) is 1.91. The zero-order chi connectivity index (χ0) is 17.4. The highest BCUT2D eigenvalue weighted by Crippen LogP contribution is 2.27. The van der Waals surface area contributed by atoms with Crippen molar-refractivity contribution in [2.75, 3.05) is 6.54 Å². The molecule has 2 rings (SSSR count). The minimum absolute atomic E-state index is 0.0534. The van der Waals surface area contributed by atoms with Crippen LogP contribution in [0.4, 0.5) is 0 Å². The van der Waals surface area contributed by atoms with Crippen molar-refractivity contribution in [3.8, 4) is 0 Å². The highest BCUT2D eigenvalue weighted by Gasteiger charge is 2.16. The molecule has 133 valence electrons. The van der Waals surface area contributed by atoms with E-state index in [1.165, 1.54) is 32.1 Å². The first-order chi connectivity index (χ1) is 11.5. The lowest BCUT2D eigenvalue weighted by Crippen LogP contribution is -2.29. The predicted molar refractivity (Wildman–Crippen MR) is 95.7 cm³/mol. The number of rotatable bonds is 9. The molecule has 1 aliphatic carbocycles. The number of carbonyl (C=O) groups is 1. The van der Waals surface area contributed by atoms with Crippen molar-refractivity contribution in [1.82, 2.24) is 5.32 Å². The zero-order valence-corrected chi connectivity index (χ0v) is 14.6. The number of nitrogens with one attached hydrogen (secondary N) is 1. The Balaban J connectivity index is 1.69. The Morgan fingerprint density at radius 3 is 2.54 bits per heavy atom. The van der Waals surface area contributed by atoms with E-state index in [0.717, 1.165) is 17.5 Å². The van der Waals surface area contributed by atoms with Crippen molar-refractivity contribution in [2.45, 2.75) is 64.0 Å². The van der Waals surface area contributed by atoms with Gasteiger partial charge in [0.15, 0.2) is 0 Å². The first-order valence-corrected chi connectivity index (χ1v) is 9.10. The normalized spacial score (nSPS) is 18.2. The average molecular weight is 332 g/mol. The average Bonchev–Trinajstić information content (AvgIpc) is 2.59. The molecule has 24 heavy (non-hydrogen) atoms. The van der Waals surface area contributed by atoms with E-state index in [4.69, 9.17) is 5.11 Å². The predicted octanol–water partition coefficient (Wildman–Crippen LogP) is 3.50. The van der Waals surface area contributed by atoms with Crippen LogP contribution in [0.1, 0.15) is 62.6 Å². The number of aliphatic hydroxyl groups excluding tert-OH is 1. The van der Waals surface area contributed by atoms with Crippen molar-refractivity contribution in [1.29, 1.82) is 0 Å². The number of benzene rings is 1. The Morgan fingerprint density at radius 1 is 1.25 bits per heavy atom. The SMILES string of the molecule is CC(NC[C@@H](O)C[CH]C1CCCCC1)c1ccc(CC(=O)O)cc1. The Kier molecular flexibility index (Phi) is 7.73. The molecule has 1 radical (unpaired) electrons. The Morgan fingerprint density at radius 2 is 1.92 bits per heavy atom. The summed E-state index contributed by atoms with van der Waals surface area (Å²) in [5.74, 6) is -0.126. The summed E-state index contributed by atoms with van der Waals surface area (Å²) < 4.78 is 0. The summed E-state index contributed by atoms with van der Waals surface area (Å²) >= 11 is 0. The van der Waals surface area contributed by atoms with Crippen LogP contribution in [-0.2, 0) is 11.2 Å². The van der Waals surface area contributed by atoms with Crippen LogP contribution in [-0.4, -0.2) is 28.8 Å². The van der Waals surface area contributed by atoms with Gasteiger partial charge in [-0.2, -0.15) is 0 Å². The monoisotopic (exact) mass is 332 g/mol. The van der Waals surface area contributed by atoms with Gasteiger partial charge in [0.05, 0.1) is 12.5 Å². The third-order valence-corrected chi connectivity index (χ3v) is 4.89. The van der Waals surface area contributed by atoms with E-state index in [0.29, 0.717) is 12.5 Å². The van der Waals surface area contributed by atoms with Gasteiger partial charge in [0, 0.05) is 12.6 Å². The van der Waals surface area contributed by atoms with E-state index < -0.39 is 5.97 Å². The zero-order valence-electron chi connectivity index (χ0n) is 14.6. The lowest BCUT2D eigenvalue weighted by atomic mass is 9.85. The van der Waals surface area contributed by atoms with Crippen molar-refractivity contribution in [3.63, 3.8) is 0 Å². The molecule has 0 aliphatic heterocycles. The van der Waals surface area contributed by atoms with Crippen LogP contribution in [0, 0.1) is 12.3 Å². The largest absolute Gasteiger partial charge is 0.481 e. The maximum Gasteiger partial charge on any atom is 0.307 e. The van der Waals surface area contributed by atoms with Crippen LogP contribution >= 0.6 is 0 Å². The van der Waals surface area contributed by atoms with Crippen molar-refractivity contribution >= 4 is 5.97 Å². The third-order valence-electron chi connectivity index (χ3n) is 4.89. The Bertz CT molecular complexity index is 494. The number of hydrogen-bond acceptors (Lipinski definition) is 3. The van der Waals surface area contributed by atoms with Gasteiger partial charge in [-0.1, -0.05) is 56.4 Å². The summed E-state index contributed by atoms with van der Waals surface area (Å²) in [5, 5.41) is 22.3. The number of aliphatic hydroxyl groups is 1. The lowest BCUT2D eigenvalue weighted by Gasteiger charge is -2.23. The molecule has 0 aromatic heterocycles. The van der Waals surface area contributed by atoms with E-state index in [9.17, 15) is 9.90 Å². The number of aliphatic carboxylic acids is 1. The van der Waals surface area contributed by atoms with E-state index in [1.807, 2.05) is 24.3 Å². The van der Waals surface area contributed by atoms with Crippen LogP contribution < -0.4 is 5.32 Å². The summed E-state index contributed by atoms with van der Waals surface area (Å²) in [6, 6.07) is 7.75. The maximum atomic E-state index is 10.7. The minimum atomic E-state index is -0.814. The van der Waals surface area contributed by atoms with Gasteiger partial charge < -0.3 is 15.5 Å². The molecule has 0 heterocycles. The summed E-state index contributed by atoms with van der Waals surface area (Å²) in [7, 11) is 0. The van der Waals surface area contributed by atoms with E-state index in [2.05, 4.69) is 18.7 Å². The van der Waals surface area contributed by atoms with E-state index in [-0.39, 0.29) is 18.6 Å². The Hall–Kier alpha value is -1.39. The molecule has 1 fully saturated rings. The molecular formula is C20H30NO3. The molecule has 1 saturated carbocycles. The third kappa shape index (κ3) is 6.62. The van der Waals surface area contributed by atoms with Crippen molar-refractivity contribution in [3.05, 3.63) is 41.8 Å². The number of hydrogen-bond donors (Lipinski definition) is 3. The lowest BCUT2D eigenvalue weighted by molar-refractivity contribution is -0.136. The topological polar surface area (TPSA) is 69.6 Å². The van der Waals surface area contributed by atoms with Gasteiger partial charge in [0.2, 0.25) is 0 Å². The highest BCUT2D eigenvalue weighted by atomic mass is 16.4. The maximum absolute atomic E-state index is 10.7. The molecule has 1 aliphatic rings. The molecular weight excluding hydrogens is 302 g/mol. The van der Waals surface area contributed by atoms with Crippen LogP contribution in [0.5, 0.6) is 0 Å². The fourth-order valence-electron chi connectivity index (χ4n) is 3.33. The van der Waals surface area contributed by atoms with Gasteiger partial charge >= 0.3 is 5.97 Å². The van der Waals surface area contributed by atoms with Gasteiger partial charge in [0.1, 0.15) is 0 Å². The molecule has 4 heteroatoms. The van der Waals surface area contributed by atoms with Gasteiger partial charge in [-0.3, -0.25) is 4.79 Å². The number of carboxylic acids is 1. The van der Waals surface area contributed by atoms with Crippen LogP contribution in [0.3, 0.4) is 0 Å². The van der Waals surface area contributed by atoms with Crippen LogP contribution in [0.25, 0.3) is 0 Å². The molecule has 3 N–H and O–H groups in total. The minimum Gasteiger partial charge on any atom is -0.481 e. The van der Waals surface area contributed by atoms with Crippen molar-refractivity contribution in [2.24, 2.45) is 5.92 Å². The second-order valence-corrected chi connectivity index (χ2v) is 6.97. The molecule has 0 bridgehead atoms. The van der Waals surface area contributed by atoms with Crippen LogP contribution in [0.15, 0.2) is 24.3 Å². The summed E-state index contributed by atoms with van der Waals surface area (Å²) in [6.45, 7) is 2.63. The first-order valence-electron chi connectivity index (χ1n) is 9.10. The van der Waals surface area contributed by atoms with Gasteiger partial charge in [-0.15, -0.1) is 0 Å². The number of carboxylic acid groups (broad SMARTS) is 1. The second-order valence-electron chi connectivity index (χ2n) is 6.97. The summed E-state index contributed by atoms with van der Waals surface area (Å²) in [4.78, 5) is 10.7. The quantitative estimate of drug-likeness (QED) is 0.647. The fraction of sp³-hybridized carbons (Fsp3) is 0.600. The van der Waals surface area contributed by atoms with E-state index >= 15 is 0 Å². The van der Waals surface area contributed by atoms with E-state index in [1.54, 1.807) is 0 Å². The molecule has 2 atom stereocenters. The first kappa shape index (κ1) is 18.9. The molecule has 1 aromatic rings. The van der Waals surface area contributed by atoms with Gasteiger partial charge in [0.25, 0.3) is 0 Å².